The van der Waals surface area contributed by atoms with E-state index in [0.717, 1.165) is 22.4 Å². The number of para-hydroxylation sites is 1. The molecule has 0 saturated carbocycles. The third kappa shape index (κ3) is 3.59. The fourth-order valence-electron chi connectivity index (χ4n) is 3.97. The van der Waals surface area contributed by atoms with Crippen molar-refractivity contribution in [3.63, 3.8) is 0 Å². The lowest BCUT2D eigenvalue weighted by molar-refractivity contribution is 0.0981. The Bertz CT molecular complexity index is 1200. The average molecular weight is 421 g/mol. The summed E-state index contributed by atoms with van der Waals surface area (Å²) < 4.78 is 28.8. The molecule has 3 aromatic rings. The zero-order chi connectivity index (χ0) is 21.5. The molecule has 30 heavy (non-hydrogen) atoms. The molecule has 0 fully saturated rings. The summed E-state index contributed by atoms with van der Waals surface area (Å²) in [6.07, 6.45) is 0.612. The Hall–Kier alpha value is -3.12. The van der Waals surface area contributed by atoms with E-state index < -0.39 is 10.0 Å². The molecule has 0 radical (unpaired) electrons. The van der Waals surface area contributed by atoms with Crippen LogP contribution >= 0.6 is 0 Å². The molecule has 1 amide bonds. The summed E-state index contributed by atoms with van der Waals surface area (Å²) in [5.74, 6) is -0.0777. The summed E-state index contributed by atoms with van der Waals surface area (Å²) in [5.41, 5.74) is 4.58. The number of benzene rings is 3. The number of nitrogens with one attached hydrogen (secondary N) is 1. The van der Waals surface area contributed by atoms with Gasteiger partial charge in [0, 0.05) is 17.3 Å². The summed E-state index contributed by atoms with van der Waals surface area (Å²) in [7, 11) is -3.74. The molecule has 6 heteroatoms. The smallest absolute Gasteiger partial charge is 0.261 e. The summed E-state index contributed by atoms with van der Waals surface area (Å²) >= 11 is 0. The van der Waals surface area contributed by atoms with Crippen molar-refractivity contribution in [1.29, 1.82) is 0 Å². The standard InChI is InChI=1S/C24H24N2O3S/c1-16-8-7-9-17(2)23(16)25-30(28,29)21-12-13-22-20(15-21)14-18(3)26(22)24(27)19-10-5-4-6-11-19/h4-13,15,18,25H,14H2,1-3H3/t18-/m0/s1. The van der Waals surface area contributed by atoms with Crippen molar-refractivity contribution in [1.82, 2.24) is 0 Å². The maximum Gasteiger partial charge on any atom is 0.261 e. The molecule has 0 saturated heterocycles. The second kappa shape index (κ2) is 7.61. The minimum absolute atomic E-state index is 0.0442. The summed E-state index contributed by atoms with van der Waals surface area (Å²) in [5, 5.41) is 0. The van der Waals surface area contributed by atoms with Gasteiger partial charge in [0.1, 0.15) is 0 Å². The minimum Gasteiger partial charge on any atom is -0.305 e. The fraction of sp³-hybridized carbons (Fsp3) is 0.208. The molecular formula is C24H24N2O3S. The highest BCUT2D eigenvalue weighted by Gasteiger charge is 2.32. The SMILES string of the molecule is Cc1cccc(C)c1NS(=O)(=O)c1ccc2c(c1)C[C@H](C)N2C(=O)c1ccccc1. The maximum atomic E-state index is 13.0. The summed E-state index contributed by atoms with van der Waals surface area (Å²) in [6.45, 7) is 5.73. The van der Waals surface area contributed by atoms with Crippen LogP contribution in [0.4, 0.5) is 11.4 Å². The lowest BCUT2D eigenvalue weighted by Crippen LogP contribution is -2.35. The first-order valence-electron chi connectivity index (χ1n) is 9.88. The first kappa shape index (κ1) is 20.2. The third-order valence-corrected chi connectivity index (χ3v) is 6.88. The van der Waals surface area contributed by atoms with Gasteiger partial charge in [0.25, 0.3) is 15.9 Å². The predicted octanol–water partition coefficient (Wildman–Crippen LogP) is 4.70. The Balaban J connectivity index is 1.67. The number of carbonyl (C=O) groups is 1. The number of rotatable bonds is 4. The van der Waals surface area contributed by atoms with Gasteiger partial charge in [-0.05, 0) is 74.2 Å². The van der Waals surface area contributed by atoms with Crippen LogP contribution in [0.1, 0.15) is 34.0 Å². The van der Waals surface area contributed by atoms with Crippen molar-refractivity contribution in [2.24, 2.45) is 0 Å². The zero-order valence-electron chi connectivity index (χ0n) is 17.2. The van der Waals surface area contributed by atoms with Crippen LogP contribution in [0.2, 0.25) is 0 Å². The van der Waals surface area contributed by atoms with Crippen LogP contribution in [0.3, 0.4) is 0 Å². The monoisotopic (exact) mass is 420 g/mol. The molecule has 1 aliphatic rings. The van der Waals surface area contributed by atoms with Crippen LogP contribution in [0.5, 0.6) is 0 Å². The van der Waals surface area contributed by atoms with Crippen molar-refractivity contribution >= 4 is 27.3 Å². The highest BCUT2D eigenvalue weighted by Crippen LogP contribution is 2.35. The third-order valence-electron chi connectivity index (χ3n) is 5.53. The van der Waals surface area contributed by atoms with Gasteiger partial charge >= 0.3 is 0 Å². The molecule has 154 valence electrons. The quantitative estimate of drug-likeness (QED) is 0.666. The molecule has 1 aliphatic heterocycles. The van der Waals surface area contributed by atoms with E-state index in [9.17, 15) is 13.2 Å². The van der Waals surface area contributed by atoms with Crippen LogP contribution < -0.4 is 9.62 Å². The van der Waals surface area contributed by atoms with Gasteiger partial charge in [-0.25, -0.2) is 8.42 Å². The van der Waals surface area contributed by atoms with E-state index in [-0.39, 0.29) is 16.8 Å². The van der Waals surface area contributed by atoms with Gasteiger partial charge in [-0.1, -0.05) is 36.4 Å². The average Bonchev–Trinajstić information content (AvgIpc) is 3.06. The van der Waals surface area contributed by atoms with Crippen LogP contribution in [-0.2, 0) is 16.4 Å². The molecule has 4 rings (SSSR count). The topological polar surface area (TPSA) is 66.5 Å². The van der Waals surface area contributed by atoms with E-state index in [4.69, 9.17) is 0 Å². The van der Waals surface area contributed by atoms with E-state index in [2.05, 4.69) is 4.72 Å². The number of hydrogen-bond donors (Lipinski definition) is 1. The van der Waals surface area contributed by atoms with Gasteiger partial charge in [-0.3, -0.25) is 9.52 Å². The maximum absolute atomic E-state index is 13.0. The highest BCUT2D eigenvalue weighted by atomic mass is 32.2. The van der Waals surface area contributed by atoms with Gasteiger partial charge in [0.15, 0.2) is 0 Å². The lowest BCUT2D eigenvalue weighted by atomic mass is 10.1. The fourth-order valence-corrected chi connectivity index (χ4v) is 5.23. The highest BCUT2D eigenvalue weighted by molar-refractivity contribution is 7.92. The second-order valence-electron chi connectivity index (χ2n) is 7.76. The number of nitrogens with zero attached hydrogens (tertiary/aromatic N) is 1. The number of sulfonamides is 1. The molecule has 5 nitrogen and oxygen atoms in total. The second-order valence-corrected chi connectivity index (χ2v) is 9.44. The minimum atomic E-state index is -3.74. The van der Waals surface area contributed by atoms with E-state index in [1.807, 2.05) is 57.2 Å². The molecule has 1 N–H and O–H groups in total. The first-order chi connectivity index (χ1) is 14.3. The molecule has 1 heterocycles. The van der Waals surface area contributed by atoms with Gasteiger partial charge in [-0.2, -0.15) is 0 Å². The molecule has 0 aliphatic carbocycles. The number of amides is 1. The van der Waals surface area contributed by atoms with E-state index in [1.54, 1.807) is 35.2 Å². The molecule has 0 spiro atoms. The molecule has 3 aromatic carbocycles. The molecule has 1 atom stereocenters. The summed E-state index contributed by atoms with van der Waals surface area (Å²) in [4.78, 5) is 15.0. The van der Waals surface area contributed by atoms with Crippen LogP contribution in [0.15, 0.2) is 71.6 Å². The number of hydrogen-bond acceptors (Lipinski definition) is 3. The molecule has 0 bridgehead atoms. The van der Waals surface area contributed by atoms with Crippen LogP contribution in [0, 0.1) is 13.8 Å². The largest absolute Gasteiger partial charge is 0.305 e. The van der Waals surface area contributed by atoms with Crippen molar-refractivity contribution in [2.45, 2.75) is 38.1 Å². The van der Waals surface area contributed by atoms with Crippen molar-refractivity contribution in [3.8, 4) is 0 Å². The van der Waals surface area contributed by atoms with Crippen molar-refractivity contribution in [3.05, 3.63) is 89.0 Å². The van der Waals surface area contributed by atoms with E-state index >= 15 is 0 Å². The zero-order valence-corrected chi connectivity index (χ0v) is 18.0. The molecular weight excluding hydrogens is 396 g/mol. The Morgan fingerprint density at radius 2 is 1.63 bits per heavy atom. The summed E-state index contributed by atoms with van der Waals surface area (Å²) in [6, 6.07) is 19.7. The number of fused-ring (bicyclic) bond motifs is 1. The van der Waals surface area contributed by atoms with E-state index in [1.165, 1.54) is 0 Å². The van der Waals surface area contributed by atoms with Gasteiger partial charge in [0.2, 0.25) is 0 Å². The molecule has 0 unspecified atom stereocenters. The lowest BCUT2D eigenvalue weighted by Gasteiger charge is -2.23. The normalized spacial score (nSPS) is 15.7. The van der Waals surface area contributed by atoms with Crippen molar-refractivity contribution in [2.75, 3.05) is 9.62 Å². The Morgan fingerprint density at radius 3 is 2.30 bits per heavy atom. The van der Waals surface area contributed by atoms with E-state index in [0.29, 0.717) is 17.7 Å². The van der Waals surface area contributed by atoms with Gasteiger partial charge in [0.05, 0.1) is 10.6 Å². The van der Waals surface area contributed by atoms with Gasteiger partial charge in [-0.15, -0.1) is 0 Å². The van der Waals surface area contributed by atoms with Gasteiger partial charge < -0.3 is 4.90 Å². The van der Waals surface area contributed by atoms with Crippen molar-refractivity contribution < 1.29 is 13.2 Å². The Labute approximate surface area is 177 Å². The Morgan fingerprint density at radius 1 is 0.967 bits per heavy atom. The molecule has 0 aromatic heterocycles. The number of carbonyl (C=O) groups excluding carboxylic acids is 1. The van der Waals surface area contributed by atoms with Crippen LogP contribution in [-0.4, -0.2) is 20.4 Å². The number of anilines is 2. The number of aryl methyl sites for hydroxylation is 2. The Kier molecular flexibility index (Phi) is 5.12. The first-order valence-corrected chi connectivity index (χ1v) is 11.4. The van der Waals surface area contributed by atoms with Crippen LogP contribution in [0.25, 0.3) is 0 Å². The predicted molar refractivity (Wildman–Crippen MR) is 120 cm³/mol.